The van der Waals surface area contributed by atoms with Crippen molar-refractivity contribution in [1.82, 2.24) is 14.9 Å². The number of halogens is 3. The first-order valence-corrected chi connectivity index (χ1v) is 12.3. The summed E-state index contributed by atoms with van der Waals surface area (Å²) >= 11 is 12.4. The third-order valence-electron chi connectivity index (χ3n) is 5.91. The topological polar surface area (TPSA) is 81.3 Å². The van der Waals surface area contributed by atoms with E-state index in [-0.39, 0.29) is 21.8 Å². The van der Waals surface area contributed by atoms with E-state index >= 15 is 0 Å². The highest BCUT2D eigenvalue weighted by Gasteiger charge is 2.20. The Hall–Kier alpha value is -3.68. The van der Waals surface area contributed by atoms with Crippen LogP contribution in [-0.2, 0) is 6.42 Å². The predicted octanol–water partition coefficient (Wildman–Crippen LogP) is 6.63. The molecule has 4 aromatic rings. The van der Waals surface area contributed by atoms with Crippen LogP contribution < -0.4 is 10.5 Å². The van der Waals surface area contributed by atoms with E-state index in [0.29, 0.717) is 29.8 Å². The molecule has 190 valence electrons. The van der Waals surface area contributed by atoms with Crippen LogP contribution in [0.1, 0.15) is 34.6 Å². The number of likely N-dealkylation sites (N-methyl/N-ethyl adjacent to an activating group) is 1. The first-order valence-electron chi connectivity index (χ1n) is 11.6. The summed E-state index contributed by atoms with van der Waals surface area (Å²) in [5.41, 5.74) is 9.41. The van der Waals surface area contributed by atoms with Gasteiger partial charge >= 0.3 is 0 Å². The van der Waals surface area contributed by atoms with Crippen molar-refractivity contribution in [1.29, 1.82) is 0 Å². The Bertz CT molecular complexity index is 1400. The predicted molar refractivity (Wildman–Crippen MR) is 144 cm³/mol. The monoisotopic (exact) mass is 538 g/mol. The van der Waals surface area contributed by atoms with Crippen molar-refractivity contribution >= 4 is 34.9 Å². The molecule has 37 heavy (non-hydrogen) atoms. The molecule has 0 spiro atoms. The number of anilines is 1. The van der Waals surface area contributed by atoms with Gasteiger partial charge < -0.3 is 15.4 Å². The lowest BCUT2D eigenvalue weighted by atomic mass is 10.0. The molecule has 1 unspecified atom stereocenters. The number of amides is 1. The van der Waals surface area contributed by atoms with Gasteiger partial charge in [-0.05, 0) is 55.0 Å². The van der Waals surface area contributed by atoms with Gasteiger partial charge in [0.1, 0.15) is 11.9 Å². The van der Waals surface area contributed by atoms with Gasteiger partial charge in [-0.3, -0.25) is 9.78 Å². The Morgan fingerprint density at radius 2 is 1.84 bits per heavy atom. The second-order valence-electron chi connectivity index (χ2n) is 8.50. The second-order valence-corrected chi connectivity index (χ2v) is 9.28. The molecule has 0 aliphatic rings. The largest absolute Gasteiger partial charge is 0.482 e. The van der Waals surface area contributed by atoms with E-state index in [1.165, 1.54) is 12.1 Å². The average molecular weight is 539 g/mol. The molecule has 0 saturated heterocycles. The van der Waals surface area contributed by atoms with E-state index in [1.54, 1.807) is 49.5 Å². The number of ether oxygens (including phenoxy) is 1. The third-order valence-corrected chi connectivity index (χ3v) is 6.63. The highest BCUT2D eigenvalue weighted by atomic mass is 35.5. The molecule has 0 aliphatic carbocycles. The minimum atomic E-state index is -0.684. The van der Waals surface area contributed by atoms with Gasteiger partial charge in [-0.15, -0.1) is 0 Å². The zero-order valence-corrected chi connectivity index (χ0v) is 21.8. The summed E-state index contributed by atoms with van der Waals surface area (Å²) in [4.78, 5) is 23.1. The summed E-state index contributed by atoms with van der Waals surface area (Å²) in [6, 6.07) is 17.3. The molecule has 0 saturated carbocycles. The maximum atomic E-state index is 14.0. The van der Waals surface area contributed by atoms with Crippen molar-refractivity contribution < 1.29 is 13.9 Å². The number of rotatable bonds is 8. The quantitative estimate of drug-likeness (QED) is 0.255. The van der Waals surface area contributed by atoms with E-state index in [9.17, 15) is 9.18 Å². The molecule has 9 heteroatoms. The van der Waals surface area contributed by atoms with Crippen LogP contribution in [0.3, 0.4) is 0 Å². The number of carbonyl (C=O) groups is 1. The summed E-state index contributed by atoms with van der Waals surface area (Å²) in [5, 5.41) is 0.180. The van der Waals surface area contributed by atoms with Crippen LogP contribution in [0, 0.1) is 5.82 Å². The van der Waals surface area contributed by atoms with Crippen molar-refractivity contribution in [3.8, 4) is 16.9 Å². The number of benzene rings is 2. The molecule has 6 nitrogen and oxygen atoms in total. The van der Waals surface area contributed by atoms with Crippen molar-refractivity contribution in [3.63, 3.8) is 0 Å². The molecule has 2 aromatic carbocycles. The summed E-state index contributed by atoms with van der Waals surface area (Å²) in [7, 11) is 1.77. The van der Waals surface area contributed by atoms with Gasteiger partial charge in [0.15, 0.2) is 11.6 Å². The molecule has 0 bridgehead atoms. The second kappa shape index (κ2) is 11.6. The number of aromatic nitrogens is 2. The summed E-state index contributed by atoms with van der Waals surface area (Å²) in [6.07, 6.45) is 3.35. The minimum absolute atomic E-state index is 0.0837. The van der Waals surface area contributed by atoms with Crippen LogP contribution in [0.25, 0.3) is 11.1 Å². The van der Waals surface area contributed by atoms with Crippen LogP contribution in [-0.4, -0.2) is 34.4 Å². The van der Waals surface area contributed by atoms with Crippen LogP contribution in [0.2, 0.25) is 10.0 Å². The van der Waals surface area contributed by atoms with E-state index in [0.717, 1.165) is 16.8 Å². The number of nitrogens with two attached hydrogens (primary N) is 1. The van der Waals surface area contributed by atoms with Gasteiger partial charge in [0.25, 0.3) is 5.91 Å². The summed E-state index contributed by atoms with van der Waals surface area (Å²) in [6.45, 7) is 2.25. The zero-order chi connectivity index (χ0) is 26.5. The Labute approximate surface area is 224 Å². The smallest absolute Gasteiger partial charge is 0.253 e. The minimum Gasteiger partial charge on any atom is -0.482 e. The van der Waals surface area contributed by atoms with Crippen molar-refractivity contribution in [2.24, 2.45) is 0 Å². The molecular weight excluding hydrogens is 514 g/mol. The Kier molecular flexibility index (Phi) is 8.26. The number of hydrogen-bond acceptors (Lipinski definition) is 5. The Morgan fingerprint density at radius 1 is 1.08 bits per heavy atom. The van der Waals surface area contributed by atoms with Crippen molar-refractivity contribution in [3.05, 3.63) is 106 Å². The lowest BCUT2D eigenvalue weighted by Crippen LogP contribution is -2.28. The van der Waals surface area contributed by atoms with Gasteiger partial charge in [0.05, 0.1) is 5.02 Å². The molecule has 2 N–H and O–H groups in total. The Balaban J connectivity index is 1.47. The number of nitrogen functional groups attached to an aromatic ring is 1. The first kappa shape index (κ1) is 26.4. The maximum absolute atomic E-state index is 14.0. The number of nitrogens with zero attached hydrogens (tertiary/aromatic N) is 3. The third kappa shape index (κ3) is 6.18. The summed E-state index contributed by atoms with van der Waals surface area (Å²) < 4.78 is 19.9. The molecule has 1 atom stereocenters. The van der Waals surface area contributed by atoms with Crippen LogP contribution in [0.4, 0.5) is 10.2 Å². The summed E-state index contributed by atoms with van der Waals surface area (Å²) in [5.74, 6) is -0.204. The fraction of sp³-hybridized carbons (Fsp3) is 0.179. The van der Waals surface area contributed by atoms with E-state index < -0.39 is 11.9 Å². The van der Waals surface area contributed by atoms with Crippen molar-refractivity contribution in [2.75, 3.05) is 19.3 Å². The Morgan fingerprint density at radius 3 is 2.54 bits per heavy atom. The molecule has 0 aliphatic heterocycles. The number of hydrogen-bond donors (Lipinski definition) is 1. The van der Waals surface area contributed by atoms with Gasteiger partial charge in [0, 0.05) is 59.8 Å². The molecular formula is C28H25Cl2FN4O2. The molecule has 2 aromatic heterocycles. The average Bonchev–Trinajstić information content (AvgIpc) is 2.91. The van der Waals surface area contributed by atoms with Crippen LogP contribution in [0.5, 0.6) is 5.75 Å². The lowest BCUT2D eigenvalue weighted by molar-refractivity contribution is 0.0796. The highest BCUT2D eigenvalue weighted by molar-refractivity contribution is 6.36. The zero-order valence-electron chi connectivity index (χ0n) is 20.3. The van der Waals surface area contributed by atoms with Crippen LogP contribution in [0.15, 0.2) is 73.1 Å². The maximum Gasteiger partial charge on any atom is 0.253 e. The number of carbonyl (C=O) groups excluding carboxylic acids is 1. The van der Waals surface area contributed by atoms with Gasteiger partial charge in [-0.25, -0.2) is 9.37 Å². The first-order chi connectivity index (χ1) is 17.7. The highest BCUT2D eigenvalue weighted by Crippen LogP contribution is 2.37. The molecule has 4 rings (SSSR count). The van der Waals surface area contributed by atoms with Gasteiger partial charge in [-0.1, -0.05) is 41.4 Å². The SMILES string of the molecule is CC(Oc1cc(-c2ccc(C(=O)N(C)CCc3ccccn3)cc2)cnc1N)c1c(Cl)ccc(F)c1Cl. The fourth-order valence-corrected chi connectivity index (χ4v) is 4.51. The molecule has 2 heterocycles. The molecule has 1 amide bonds. The molecule has 0 fully saturated rings. The van der Waals surface area contributed by atoms with Gasteiger partial charge in [0.2, 0.25) is 0 Å². The van der Waals surface area contributed by atoms with Crippen LogP contribution >= 0.6 is 23.2 Å². The van der Waals surface area contributed by atoms with E-state index in [1.807, 2.05) is 30.3 Å². The lowest BCUT2D eigenvalue weighted by Gasteiger charge is -2.19. The standard InChI is InChI=1S/C28H25Cl2FN4O2/c1-17(25-22(29)10-11-23(31)26(25)30)37-24-15-20(16-34-27(24)32)18-6-8-19(9-7-18)28(36)35(2)14-12-21-5-3-4-13-33-21/h3-11,13,15-17H,12,14H2,1-2H3,(H2,32,34). The van der Waals surface area contributed by atoms with Gasteiger partial charge in [-0.2, -0.15) is 0 Å². The normalized spacial score (nSPS) is 11.7. The van der Waals surface area contributed by atoms with E-state index in [2.05, 4.69) is 9.97 Å². The van der Waals surface area contributed by atoms with E-state index in [4.69, 9.17) is 33.7 Å². The fourth-order valence-electron chi connectivity index (χ4n) is 3.83. The molecule has 0 radical (unpaired) electrons. The number of pyridine rings is 2. The van der Waals surface area contributed by atoms with Crippen molar-refractivity contribution in [2.45, 2.75) is 19.4 Å².